The molecule has 0 amide bonds. The van der Waals surface area contributed by atoms with E-state index in [4.69, 9.17) is 10.2 Å². The average molecular weight is 185 g/mol. The fraction of sp³-hybridized carbons (Fsp3) is 0.833. The Morgan fingerprint density at radius 1 is 1.36 bits per heavy atom. The molecule has 0 aliphatic heterocycles. The van der Waals surface area contributed by atoms with Crippen molar-refractivity contribution in [2.24, 2.45) is 0 Å². The minimum Gasteiger partial charge on any atom is -0.396 e. The largest absolute Gasteiger partial charge is 0.396 e. The Balaban J connectivity index is 0. The van der Waals surface area contributed by atoms with E-state index in [0.29, 0.717) is 0 Å². The van der Waals surface area contributed by atoms with Crippen LogP contribution in [0.4, 0.5) is 0 Å². The Morgan fingerprint density at radius 3 is 1.73 bits per heavy atom. The Labute approximate surface area is 70.9 Å². The monoisotopic (exact) mass is 184 g/mol. The van der Waals surface area contributed by atoms with Crippen molar-refractivity contribution in [3.05, 3.63) is 0 Å². The lowest BCUT2D eigenvalue weighted by Gasteiger charge is -1.85. The lowest BCUT2D eigenvalue weighted by atomic mass is 10.3. The van der Waals surface area contributed by atoms with Gasteiger partial charge in [-0.2, -0.15) is 0 Å². The van der Waals surface area contributed by atoms with Crippen LogP contribution in [-0.4, -0.2) is 29.4 Å². The molecule has 0 aliphatic carbocycles. The summed E-state index contributed by atoms with van der Waals surface area (Å²) in [5.74, 6) is -0.480. The van der Waals surface area contributed by atoms with E-state index in [2.05, 4.69) is 16.2 Å². The van der Waals surface area contributed by atoms with Crippen molar-refractivity contribution >= 4 is 17.8 Å². The third kappa shape index (κ3) is 26.1. The van der Waals surface area contributed by atoms with Gasteiger partial charge in [0.15, 0.2) is 0 Å². The smallest absolute Gasteiger partial charge is 0.321 e. The lowest BCUT2D eigenvalue weighted by molar-refractivity contribution is -0.131. The van der Waals surface area contributed by atoms with Crippen molar-refractivity contribution in [2.45, 2.75) is 19.8 Å². The van der Waals surface area contributed by atoms with Gasteiger partial charge >= 0.3 is 5.97 Å². The van der Waals surface area contributed by atoms with E-state index in [9.17, 15) is 4.79 Å². The van der Waals surface area contributed by atoms with Crippen LogP contribution in [0.3, 0.4) is 0 Å². The summed E-state index contributed by atoms with van der Waals surface area (Å²) in [6, 6.07) is 0. The molecule has 0 unspecified atom stereocenters. The first-order chi connectivity index (χ1) is 5.18. The van der Waals surface area contributed by atoms with Crippen LogP contribution in [0.2, 0.25) is 0 Å². The number of carbonyl (C=O) groups is 1. The van der Waals surface area contributed by atoms with E-state index in [1.165, 1.54) is 6.92 Å². The van der Waals surface area contributed by atoms with Gasteiger partial charge in [0.05, 0.1) is 0 Å². The van der Waals surface area contributed by atoms with Gasteiger partial charge in [-0.3, -0.25) is 4.79 Å². The highest BCUT2D eigenvalue weighted by Gasteiger charge is 1.79. The van der Waals surface area contributed by atoms with Crippen LogP contribution in [0, 0.1) is 0 Å². The molecule has 4 nitrogen and oxygen atoms in total. The van der Waals surface area contributed by atoms with Gasteiger partial charge in [-0.05, 0) is 12.8 Å². The van der Waals surface area contributed by atoms with Crippen LogP contribution in [-0.2, 0) is 9.08 Å². The lowest BCUT2D eigenvalue weighted by Crippen LogP contribution is -1.85. The second-order valence-electron chi connectivity index (χ2n) is 1.72. The number of carbonyl (C=O) groups excluding carboxylic acids is 1. The van der Waals surface area contributed by atoms with E-state index < -0.39 is 5.97 Å². The van der Waals surface area contributed by atoms with Gasteiger partial charge in [0.25, 0.3) is 0 Å². The van der Waals surface area contributed by atoms with Gasteiger partial charge in [-0.25, -0.2) is 0 Å². The van der Waals surface area contributed by atoms with Crippen molar-refractivity contribution in [1.29, 1.82) is 0 Å². The fourth-order valence-corrected chi connectivity index (χ4v) is 0.224. The maximum absolute atomic E-state index is 9.46. The van der Waals surface area contributed by atoms with Crippen LogP contribution in [0.5, 0.6) is 0 Å². The Hall–Kier alpha value is -0.320. The van der Waals surface area contributed by atoms with Gasteiger partial charge in [0.1, 0.15) is 11.9 Å². The molecule has 0 aromatic carbocycles. The molecule has 0 heterocycles. The van der Waals surface area contributed by atoms with Crippen molar-refractivity contribution in [2.75, 3.05) is 13.2 Å². The molecular weight excluding hydrogens is 172 g/mol. The maximum Gasteiger partial charge on any atom is 0.321 e. The van der Waals surface area contributed by atoms with E-state index in [0.717, 1.165) is 12.8 Å². The normalized spacial score (nSPS) is 8.00. The Bertz CT molecular complexity index is 82.7. The summed E-state index contributed by atoms with van der Waals surface area (Å²) in [5, 5.41) is 16.2. The second-order valence-corrected chi connectivity index (χ2v) is 1.88. The molecule has 0 saturated carbocycles. The minimum atomic E-state index is -0.480. The summed E-state index contributed by atoms with van der Waals surface area (Å²) in [6.45, 7) is 1.62. The molecule has 0 aromatic heterocycles. The summed E-state index contributed by atoms with van der Waals surface area (Å²) in [5.41, 5.74) is 0. The highest BCUT2D eigenvalue weighted by Crippen LogP contribution is 1.80. The number of rotatable bonds is 3. The van der Waals surface area contributed by atoms with Crippen LogP contribution in [0.15, 0.2) is 0 Å². The third-order valence-corrected chi connectivity index (χ3v) is 0.892. The third-order valence-electron chi connectivity index (χ3n) is 0.675. The number of hydrogen-bond acceptors (Lipinski definition) is 4. The molecule has 68 valence electrons. The fourth-order valence-electron chi connectivity index (χ4n) is 0.224. The van der Waals surface area contributed by atoms with Gasteiger partial charge in [0.2, 0.25) is 0 Å². The number of hydrogen-bond donors (Lipinski definition) is 2. The zero-order chi connectivity index (χ0) is 9.11. The quantitative estimate of drug-likeness (QED) is 0.626. The van der Waals surface area contributed by atoms with Crippen molar-refractivity contribution in [1.82, 2.24) is 0 Å². The molecule has 0 saturated heterocycles. The zero-order valence-electron chi connectivity index (χ0n) is 6.42. The second kappa shape index (κ2) is 12.4. The van der Waals surface area contributed by atoms with Crippen LogP contribution in [0.1, 0.15) is 19.8 Å². The highest BCUT2D eigenvalue weighted by atomic mass is 35.5. The standard InChI is InChI=1S/C4H10O2.C2H3ClO2/c5-3-1-2-4-6;1-2(4)5-3/h5-6H,1-4H2;1H3. The van der Waals surface area contributed by atoms with Crippen LogP contribution in [0.25, 0.3) is 0 Å². The molecule has 2 N–H and O–H groups in total. The van der Waals surface area contributed by atoms with Crippen LogP contribution < -0.4 is 0 Å². The average Bonchev–Trinajstić information content (AvgIpc) is 2.02. The molecule has 0 aliphatic rings. The van der Waals surface area contributed by atoms with Gasteiger partial charge in [0, 0.05) is 20.1 Å². The Morgan fingerprint density at radius 2 is 1.64 bits per heavy atom. The van der Waals surface area contributed by atoms with Gasteiger partial charge in [-0.15, -0.1) is 0 Å². The van der Waals surface area contributed by atoms with Crippen molar-refractivity contribution in [3.8, 4) is 0 Å². The predicted molar refractivity (Wildman–Crippen MR) is 41.0 cm³/mol. The topological polar surface area (TPSA) is 66.8 Å². The zero-order valence-corrected chi connectivity index (χ0v) is 7.17. The first-order valence-corrected chi connectivity index (χ1v) is 3.50. The molecule has 0 aromatic rings. The van der Waals surface area contributed by atoms with Crippen LogP contribution >= 0.6 is 11.9 Å². The molecule has 0 radical (unpaired) electrons. The summed E-state index contributed by atoms with van der Waals surface area (Å²) in [4.78, 5) is 9.46. The van der Waals surface area contributed by atoms with Gasteiger partial charge < -0.3 is 14.5 Å². The molecule has 0 spiro atoms. The van der Waals surface area contributed by atoms with E-state index in [1.54, 1.807) is 0 Å². The maximum atomic E-state index is 9.46. The molecule has 0 fully saturated rings. The molecule has 5 heteroatoms. The van der Waals surface area contributed by atoms with Crippen molar-refractivity contribution < 1.29 is 19.3 Å². The number of aliphatic hydroxyl groups is 2. The number of aliphatic hydroxyl groups excluding tert-OH is 2. The van der Waals surface area contributed by atoms with E-state index >= 15 is 0 Å². The molecule has 11 heavy (non-hydrogen) atoms. The summed E-state index contributed by atoms with van der Waals surface area (Å²) < 4.78 is 3.58. The van der Waals surface area contributed by atoms with Gasteiger partial charge in [-0.1, -0.05) is 0 Å². The first-order valence-electron chi connectivity index (χ1n) is 3.20. The first kappa shape index (κ1) is 13.3. The number of unbranched alkanes of at least 4 members (excludes halogenated alkanes) is 1. The molecule has 0 rings (SSSR count). The summed E-state index contributed by atoms with van der Waals surface area (Å²) in [6.07, 6.45) is 1.44. The minimum absolute atomic E-state index is 0.195. The Kier molecular flexibility index (Phi) is 14.9. The van der Waals surface area contributed by atoms with E-state index in [-0.39, 0.29) is 13.2 Å². The van der Waals surface area contributed by atoms with Crippen molar-refractivity contribution in [3.63, 3.8) is 0 Å². The molecular formula is C6H13ClO4. The SMILES string of the molecule is CC(=O)OCl.OCCCCO. The summed E-state index contributed by atoms with van der Waals surface area (Å²) >= 11 is 4.49. The number of halogens is 1. The highest BCUT2D eigenvalue weighted by molar-refractivity contribution is 6.12. The van der Waals surface area contributed by atoms with E-state index in [1.807, 2.05) is 0 Å². The molecule has 0 atom stereocenters. The predicted octanol–water partition coefficient (Wildman–Crippen LogP) is 0.454. The molecule has 0 bridgehead atoms. The summed E-state index contributed by atoms with van der Waals surface area (Å²) in [7, 11) is 0.